The van der Waals surface area contributed by atoms with Crippen molar-refractivity contribution in [2.45, 2.75) is 84.0 Å². The van der Waals surface area contributed by atoms with Crippen molar-refractivity contribution in [2.75, 3.05) is 45.8 Å². The van der Waals surface area contributed by atoms with Gasteiger partial charge >= 0.3 is 0 Å². The lowest BCUT2D eigenvalue weighted by Crippen LogP contribution is -2.30. The van der Waals surface area contributed by atoms with E-state index < -0.39 is 0 Å². The van der Waals surface area contributed by atoms with Crippen LogP contribution in [0.5, 0.6) is 0 Å². The maximum absolute atomic E-state index is 5.45. The maximum Gasteiger partial charge on any atom is 0.00767 e. The molecule has 0 aromatic carbocycles. The zero-order valence-corrected chi connectivity index (χ0v) is 16.5. The lowest BCUT2D eigenvalue weighted by atomic mass is 10.1. The Hall–Kier alpha value is -0.160. The number of hydrogen-bond acceptors (Lipinski definition) is 4. The zero-order chi connectivity index (χ0) is 17.6. The second-order valence-corrected chi connectivity index (χ2v) is 6.93. The molecule has 0 fully saturated rings. The van der Waals surface area contributed by atoms with Gasteiger partial charge in [0.25, 0.3) is 0 Å². The van der Waals surface area contributed by atoms with E-state index >= 15 is 0 Å². The lowest BCUT2D eigenvalue weighted by molar-refractivity contribution is 0.533. The van der Waals surface area contributed by atoms with Crippen LogP contribution in [0.4, 0.5) is 0 Å². The largest absolute Gasteiger partial charge is 0.330 e. The smallest absolute Gasteiger partial charge is 0.00767 e. The van der Waals surface area contributed by atoms with Gasteiger partial charge in [0.1, 0.15) is 0 Å². The maximum atomic E-state index is 5.45. The molecule has 24 heavy (non-hydrogen) atoms. The molecular formula is C20H46N4. The molecule has 0 heterocycles. The fourth-order valence-corrected chi connectivity index (χ4v) is 2.85. The average molecular weight is 343 g/mol. The van der Waals surface area contributed by atoms with E-state index in [2.05, 4.69) is 22.9 Å². The van der Waals surface area contributed by atoms with Gasteiger partial charge in [-0.2, -0.15) is 0 Å². The third kappa shape index (κ3) is 21.8. The summed E-state index contributed by atoms with van der Waals surface area (Å²) in [5.41, 5.74) is 5.45. The highest BCUT2D eigenvalue weighted by atomic mass is 14.9. The van der Waals surface area contributed by atoms with E-state index in [0.29, 0.717) is 0 Å². The van der Waals surface area contributed by atoms with Crippen molar-refractivity contribution in [3.8, 4) is 0 Å². The Morgan fingerprint density at radius 3 is 1.42 bits per heavy atom. The molecule has 0 aliphatic carbocycles. The van der Waals surface area contributed by atoms with Gasteiger partial charge in [-0.05, 0) is 52.0 Å². The fourth-order valence-electron chi connectivity index (χ4n) is 2.85. The molecule has 0 spiro atoms. The van der Waals surface area contributed by atoms with Gasteiger partial charge in [-0.15, -0.1) is 0 Å². The normalized spacial score (nSPS) is 11.2. The Kier molecular flexibility index (Phi) is 22.7. The molecular weight excluding hydrogens is 296 g/mol. The second-order valence-electron chi connectivity index (χ2n) is 6.93. The van der Waals surface area contributed by atoms with Crippen molar-refractivity contribution in [3.05, 3.63) is 0 Å². The van der Waals surface area contributed by atoms with Crippen LogP contribution in [-0.4, -0.2) is 45.8 Å². The molecule has 0 unspecified atom stereocenters. The Morgan fingerprint density at radius 1 is 0.458 bits per heavy atom. The summed E-state index contributed by atoms with van der Waals surface area (Å²) in [5, 5.41) is 10.4. The van der Waals surface area contributed by atoms with Crippen molar-refractivity contribution < 1.29 is 0 Å². The number of unbranched alkanes of at least 4 members (excludes halogenated alkanes) is 9. The molecule has 0 aliphatic rings. The van der Waals surface area contributed by atoms with Crippen molar-refractivity contribution in [3.63, 3.8) is 0 Å². The van der Waals surface area contributed by atoms with Crippen LogP contribution >= 0.6 is 0 Å². The van der Waals surface area contributed by atoms with Gasteiger partial charge in [0.15, 0.2) is 0 Å². The average Bonchev–Trinajstić information content (AvgIpc) is 2.60. The molecule has 0 amide bonds. The van der Waals surface area contributed by atoms with E-state index in [0.717, 1.165) is 45.7 Å². The molecule has 5 N–H and O–H groups in total. The van der Waals surface area contributed by atoms with Gasteiger partial charge in [-0.3, -0.25) is 0 Å². The van der Waals surface area contributed by atoms with Gasteiger partial charge in [-0.1, -0.05) is 64.7 Å². The van der Waals surface area contributed by atoms with E-state index in [-0.39, 0.29) is 0 Å². The van der Waals surface area contributed by atoms with Crippen molar-refractivity contribution in [1.82, 2.24) is 16.0 Å². The van der Waals surface area contributed by atoms with Crippen molar-refractivity contribution in [1.29, 1.82) is 0 Å². The van der Waals surface area contributed by atoms with Gasteiger partial charge < -0.3 is 21.7 Å². The summed E-state index contributed by atoms with van der Waals surface area (Å²) in [6, 6.07) is 0. The van der Waals surface area contributed by atoms with Crippen molar-refractivity contribution in [2.24, 2.45) is 5.73 Å². The first-order chi connectivity index (χ1) is 11.9. The minimum absolute atomic E-state index is 0.783. The van der Waals surface area contributed by atoms with Gasteiger partial charge in [0, 0.05) is 13.1 Å². The Labute approximate surface area is 152 Å². The van der Waals surface area contributed by atoms with Crippen LogP contribution in [0.25, 0.3) is 0 Å². The quantitative estimate of drug-likeness (QED) is 0.241. The van der Waals surface area contributed by atoms with E-state index in [1.54, 1.807) is 0 Å². The minimum Gasteiger partial charge on any atom is -0.330 e. The molecule has 0 saturated heterocycles. The Balaban J connectivity index is 2.93. The molecule has 0 aromatic heterocycles. The summed E-state index contributed by atoms with van der Waals surface area (Å²) >= 11 is 0. The standard InChI is InChI=1S/C20H46N4/c1-2-3-4-5-6-7-8-9-10-11-15-22-17-13-18-24-20-19-23-16-12-14-21/h22-24H,2-21H2,1H3. The lowest BCUT2D eigenvalue weighted by Gasteiger charge is -2.07. The van der Waals surface area contributed by atoms with Crippen LogP contribution in [-0.2, 0) is 0 Å². The first kappa shape index (κ1) is 23.8. The van der Waals surface area contributed by atoms with E-state index in [1.165, 1.54) is 77.2 Å². The van der Waals surface area contributed by atoms with Crippen LogP contribution < -0.4 is 21.7 Å². The number of rotatable bonds is 21. The Morgan fingerprint density at radius 2 is 0.875 bits per heavy atom. The SMILES string of the molecule is CCCCCCCCCCCCNCCCNCCNCCCN. The second kappa shape index (κ2) is 22.8. The van der Waals surface area contributed by atoms with E-state index in [1.807, 2.05) is 0 Å². The minimum atomic E-state index is 0.783. The van der Waals surface area contributed by atoms with Crippen LogP contribution in [0.2, 0.25) is 0 Å². The Bertz CT molecular complexity index is 190. The zero-order valence-electron chi connectivity index (χ0n) is 16.5. The monoisotopic (exact) mass is 342 g/mol. The van der Waals surface area contributed by atoms with Gasteiger partial charge in [0.05, 0.1) is 0 Å². The van der Waals surface area contributed by atoms with Crippen molar-refractivity contribution >= 4 is 0 Å². The highest BCUT2D eigenvalue weighted by Crippen LogP contribution is 2.10. The summed E-state index contributed by atoms with van der Waals surface area (Å²) in [7, 11) is 0. The van der Waals surface area contributed by atoms with Crippen LogP contribution in [0.3, 0.4) is 0 Å². The number of hydrogen-bond donors (Lipinski definition) is 4. The van der Waals surface area contributed by atoms with E-state index in [9.17, 15) is 0 Å². The third-order valence-electron chi connectivity index (χ3n) is 4.45. The highest BCUT2D eigenvalue weighted by molar-refractivity contribution is 4.55. The molecule has 0 aromatic rings. The van der Waals surface area contributed by atoms with Crippen LogP contribution in [0.1, 0.15) is 84.0 Å². The third-order valence-corrected chi connectivity index (χ3v) is 4.45. The highest BCUT2D eigenvalue weighted by Gasteiger charge is 1.93. The van der Waals surface area contributed by atoms with Crippen LogP contribution in [0, 0.1) is 0 Å². The van der Waals surface area contributed by atoms with E-state index in [4.69, 9.17) is 5.73 Å². The summed E-state index contributed by atoms with van der Waals surface area (Å²) < 4.78 is 0. The summed E-state index contributed by atoms with van der Waals surface area (Å²) in [6.45, 7) is 9.67. The topological polar surface area (TPSA) is 62.1 Å². The molecule has 146 valence electrons. The molecule has 0 aliphatic heterocycles. The molecule has 0 saturated carbocycles. The first-order valence-corrected chi connectivity index (χ1v) is 10.7. The molecule has 0 rings (SSSR count). The summed E-state index contributed by atoms with van der Waals surface area (Å²) in [6.07, 6.45) is 16.5. The summed E-state index contributed by atoms with van der Waals surface area (Å²) in [5.74, 6) is 0. The molecule has 0 radical (unpaired) electrons. The van der Waals surface area contributed by atoms with Gasteiger partial charge in [0.2, 0.25) is 0 Å². The number of nitrogens with two attached hydrogens (primary N) is 1. The van der Waals surface area contributed by atoms with Gasteiger partial charge in [-0.25, -0.2) is 0 Å². The predicted molar refractivity (Wildman–Crippen MR) is 109 cm³/mol. The molecule has 0 bridgehead atoms. The van der Waals surface area contributed by atoms with Crippen LogP contribution in [0.15, 0.2) is 0 Å². The number of nitrogens with one attached hydrogen (secondary N) is 3. The molecule has 4 nitrogen and oxygen atoms in total. The fraction of sp³-hybridized carbons (Fsp3) is 1.00. The molecule has 0 atom stereocenters. The predicted octanol–water partition coefficient (Wildman–Crippen LogP) is 3.42. The first-order valence-electron chi connectivity index (χ1n) is 10.7. The summed E-state index contributed by atoms with van der Waals surface area (Å²) in [4.78, 5) is 0. The molecule has 4 heteroatoms.